The van der Waals surface area contributed by atoms with Gasteiger partial charge in [0, 0.05) is 17.7 Å². The molecule has 1 aliphatic carbocycles. The molecule has 0 spiro atoms. The molecule has 0 saturated carbocycles. The molecule has 2 aromatic carbocycles. The van der Waals surface area contributed by atoms with Crippen molar-refractivity contribution in [2.24, 2.45) is 5.16 Å². The van der Waals surface area contributed by atoms with Crippen LogP contribution in [0.25, 0.3) is 0 Å². The molecule has 134 valence electrons. The molecule has 0 saturated heterocycles. The largest absolute Gasteiger partial charge is 0.497 e. The molecule has 0 atom stereocenters. The highest BCUT2D eigenvalue weighted by Crippen LogP contribution is 2.26. The van der Waals surface area contributed by atoms with Gasteiger partial charge >= 0.3 is 5.97 Å². The Kier molecular flexibility index (Phi) is 5.26. The van der Waals surface area contributed by atoms with Gasteiger partial charge in [-0.25, -0.2) is 4.79 Å². The first-order valence-corrected chi connectivity index (χ1v) is 8.24. The van der Waals surface area contributed by atoms with Crippen LogP contribution in [0, 0.1) is 10.1 Å². The molecule has 0 amide bonds. The lowest BCUT2D eigenvalue weighted by molar-refractivity contribution is -0.384. The van der Waals surface area contributed by atoms with Crippen molar-refractivity contribution in [2.75, 3.05) is 7.11 Å². The number of non-ortho nitro benzene ring substituents is 1. The highest BCUT2D eigenvalue weighted by Gasteiger charge is 2.18. The van der Waals surface area contributed by atoms with Crippen LogP contribution in [0.2, 0.25) is 0 Å². The standard InChI is InChI=1S/C19H18N2O5/c1-25-16-10-7-14-3-2-4-18(17(14)12-16)20-26-19(22)11-13-5-8-15(9-6-13)21(23)24/h5-10,12H,2-4,11H2,1H3. The van der Waals surface area contributed by atoms with Crippen LogP contribution in [0.4, 0.5) is 5.69 Å². The van der Waals surface area contributed by atoms with Crippen molar-refractivity contribution in [3.8, 4) is 5.75 Å². The van der Waals surface area contributed by atoms with Crippen molar-refractivity contribution in [2.45, 2.75) is 25.7 Å². The van der Waals surface area contributed by atoms with Crippen molar-refractivity contribution in [1.82, 2.24) is 0 Å². The third kappa shape index (κ3) is 4.05. The molecule has 0 bridgehead atoms. The average molecular weight is 354 g/mol. The zero-order chi connectivity index (χ0) is 18.5. The summed E-state index contributed by atoms with van der Waals surface area (Å²) in [5.74, 6) is 0.219. The minimum atomic E-state index is -0.513. The fourth-order valence-corrected chi connectivity index (χ4v) is 2.89. The Hall–Kier alpha value is -3.22. The van der Waals surface area contributed by atoms with Crippen molar-refractivity contribution in [3.63, 3.8) is 0 Å². The molecule has 7 heteroatoms. The summed E-state index contributed by atoms with van der Waals surface area (Å²) in [7, 11) is 1.60. The highest BCUT2D eigenvalue weighted by molar-refractivity contribution is 6.03. The van der Waals surface area contributed by atoms with Gasteiger partial charge in [-0.15, -0.1) is 0 Å². The Balaban J connectivity index is 1.68. The maximum Gasteiger partial charge on any atom is 0.339 e. The molecule has 0 heterocycles. The summed E-state index contributed by atoms with van der Waals surface area (Å²) in [5, 5.41) is 14.7. The molecular weight excluding hydrogens is 336 g/mol. The van der Waals surface area contributed by atoms with Crippen molar-refractivity contribution in [1.29, 1.82) is 0 Å². The quantitative estimate of drug-likeness (QED) is 0.466. The van der Waals surface area contributed by atoms with E-state index in [1.807, 2.05) is 18.2 Å². The molecule has 2 aromatic rings. The minimum absolute atomic E-state index is 0.000256. The lowest BCUT2D eigenvalue weighted by atomic mass is 9.90. The van der Waals surface area contributed by atoms with Gasteiger partial charge in [-0.3, -0.25) is 10.1 Å². The number of oxime groups is 1. The van der Waals surface area contributed by atoms with Gasteiger partial charge in [0.15, 0.2) is 0 Å². The first-order chi connectivity index (χ1) is 12.6. The van der Waals surface area contributed by atoms with Crippen LogP contribution in [0.1, 0.15) is 29.5 Å². The van der Waals surface area contributed by atoms with E-state index < -0.39 is 10.9 Å². The van der Waals surface area contributed by atoms with E-state index in [4.69, 9.17) is 9.57 Å². The number of aryl methyl sites for hydroxylation is 1. The first-order valence-electron chi connectivity index (χ1n) is 8.24. The number of fused-ring (bicyclic) bond motifs is 1. The van der Waals surface area contributed by atoms with Crippen LogP contribution < -0.4 is 4.74 Å². The van der Waals surface area contributed by atoms with Crippen LogP contribution in [0.15, 0.2) is 47.6 Å². The Morgan fingerprint density at radius 3 is 2.65 bits per heavy atom. The number of nitrogens with zero attached hydrogens (tertiary/aromatic N) is 2. The second kappa shape index (κ2) is 7.77. The normalized spacial score (nSPS) is 14.6. The maximum atomic E-state index is 12.0. The molecule has 1 aliphatic rings. The van der Waals surface area contributed by atoms with Crippen LogP contribution >= 0.6 is 0 Å². The van der Waals surface area contributed by atoms with Gasteiger partial charge in [-0.05, 0) is 42.5 Å². The van der Waals surface area contributed by atoms with Gasteiger partial charge < -0.3 is 9.57 Å². The molecule has 3 rings (SSSR count). The predicted octanol–water partition coefficient (Wildman–Crippen LogP) is 3.43. The van der Waals surface area contributed by atoms with Crippen LogP contribution in [0.3, 0.4) is 0 Å². The number of carbonyl (C=O) groups is 1. The lowest BCUT2D eigenvalue weighted by Crippen LogP contribution is -2.14. The monoisotopic (exact) mass is 354 g/mol. The summed E-state index contributed by atoms with van der Waals surface area (Å²) in [5.41, 5.74) is 3.43. The fraction of sp³-hybridized carbons (Fsp3) is 0.263. The predicted molar refractivity (Wildman–Crippen MR) is 95.4 cm³/mol. The van der Waals surface area contributed by atoms with Gasteiger partial charge in [-0.1, -0.05) is 23.4 Å². The number of benzene rings is 2. The van der Waals surface area contributed by atoms with E-state index in [1.54, 1.807) is 7.11 Å². The second-order valence-corrected chi connectivity index (χ2v) is 5.98. The van der Waals surface area contributed by atoms with Gasteiger partial charge in [0.25, 0.3) is 5.69 Å². The highest BCUT2D eigenvalue weighted by atomic mass is 16.7. The molecule has 0 fully saturated rings. The number of ether oxygens (including phenoxy) is 1. The molecule has 0 aliphatic heterocycles. The molecule has 7 nitrogen and oxygen atoms in total. The fourth-order valence-electron chi connectivity index (χ4n) is 2.89. The average Bonchev–Trinajstić information content (AvgIpc) is 2.66. The Bertz CT molecular complexity index is 859. The molecule has 26 heavy (non-hydrogen) atoms. The summed E-state index contributed by atoms with van der Waals surface area (Å²) in [6, 6.07) is 11.6. The van der Waals surface area contributed by atoms with Crippen molar-refractivity contribution >= 4 is 17.4 Å². The Morgan fingerprint density at radius 1 is 1.19 bits per heavy atom. The number of carbonyl (C=O) groups excluding carboxylic acids is 1. The van der Waals surface area contributed by atoms with Crippen LogP contribution in [-0.2, 0) is 22.5 Å². The zero-order valence-electron chi connectivity index (χ0n) is 14.3. The second-order valence-electron chi connectivity index (χ2n) is 5.98. The number of rotatable bonds is 5. The Labute approximate surface area is 150 Å². The summed E-state index contributed by atoms with van der Waals surface area (Å²) in [4.78, 5) is 27.3. The molecule has 0 unspecified atom stereocenters. The smallest absolute Gasteiger partial charge is 0.339 e. The molecular formula is C19H18N2O5. The molecule has 0 N–H and O–H groups in total. The summed E-state index contributed by atoms with van der Waals surface area (Å²) in [6.07, 6.45) is 2.62. The van der Waals surface area contributed by atoms with Crippen molar-refractivity contribution < 1.29 is 19.3 Å². The summed E-state index contributed by atoms with van der Waals surface area (Å²) >= 11 is 0. The lowest BCUT2D eigenvalue weighted by Gasteiger charge is -2.18. The van der Waals surface area contributed by atoms with E-state index in [0.717, 1.165) is 41.9 Å². The zero-order valence-corrected chi connectivity index (χ0v) is 14.3. The number of nitro benzene ring substituents is 1. The summed E-state index contributed by atoms with van der Waals surface area (Å²) in [6.45, 7) is 0. The summed E-state index contributed by atoms with van der Waals surface area (Å²) < 4.78 is 5.25. The SMILES string of the molecule is COc1ccc2c(c1)C(=NOC(=O)Cc1ccc([N+](=O)[O-])cc1)CCC2. The van der Waals surface area contributed by atoms with Gasteiger partial charge in [0.05, 0.1) is 24.2 Å². The third-order valence-corrected chi connectivity index (χ3v) is 4.24. The maximum absolute atomic E-state index is 12.0. The third-order valence-electron chi connectivity index (χ3n) is 4.24. The van der Waals surface area contributed by atoms with Gasteiger partial charge in [0.2, 0.25) is 0 Å². The van der Waals surface area contributed by atoms with Crippen molar-refractivity contribution in [3.05, 3.63) is 69.3 Å². The van der Waals surface area contributed by atoms with E-state index in [1.165, 1.54) is 24.3 Å². The topological polar surface area (TPSA) is 91.0 Å². The van der Waals surface area contributed by atoms with E-state index >= 15 is 0 Å². The molecule has 0 radical (unpaired) electrons. The van der Waals surface area contributed by atoms with E-state index in [-0.39, 0.29) is 12.1 Å². The van der Waals surface area contributed by atoms with Crippen LogP contribution in [-0.4, -0.2) is 23.7 Å². The minimum Gasteiger partial charge on any atom is -0.497 e. The van der Waals surface area contributed by atoms with E-state index in [9.17, 15) is 14.9 Å². The number of hydrogen-bond acceptors (Lipinski definition) is 6. The van der Waals surface area contributed by atoms with E-state index in [0.29, 0.717) is 5.56 Å². The van der Waals surface area contributed by atoms with E-state index in [2.05, 4.69) is 5.16 Å². The first kappa shape index (κ1) is 17.6. The number of nitro groups is 1. The Morgan fingerprint density at radius 2 is 1.96 bits per heavy atom. The van der Waals surface area contributed by atoms with Crippen LogP contribution in [0.5, 0.6) is 5.75 Å². The number of methoxy groups -OCH3 is 1. The van der Waals surface area contributed by atoms with Gasteiger partial charge in [-0.2, -0.15) is 0 Å². The number of hydrogen-bond donors (Lipinski definition) is 0. The van der Waals surface area contributed by atoms with Gasteiger partial charge in [0.1, 0.15) is 5.75 Å². The molecule has 0 aromatic heterocycles.